The smallest absolute Gasteiger partial charge is 0.229 e. The van der Waals surface area contributed by atoms with Gasteiger partial charge in [0.05, 0.1) is 19.0 Å². The minimum absolute atomic E-state index is 0.132. The molecular formula is C19H28N6O. The average Bonchev–Trinajstić information content (AvgIpc) is 3.20. The largest absolute Gasteiger partial charge is 0.394 e. The van der Waals surface area contributed by atoms with Crippen LogP contribution in [0.2, 0.25) is 0 Å². The van der Waals surface area contributed by atoms with Gasteiger partial charge < -0.3 is 19.9 Å². The summed E-state index contributed by atoms with van der Waals surface area (Å²) in [6.07, 6.45) is 12.8. The first-order chi connectivity index (χ1) is 12.8. The van der Waals surface area contributed by atoms with E-state index in [1.807, 2.05) is 6.33 Å². The molecule has 2 aromatic heterocycles. The highest BCUT2D eigenvalue weighted by molar-refractivity contribution is 5.84. The summed E-state index contributed by atoms with van der Waals surface area (Å²) in [6.45, 7) is 1.08. The standard InChI is InChI=1S/C19H28N6O/c26-11-15-7-4-10-24(15)19-22-17(21-13-8-9-13)16-18(23-19)25(12-20-16)14-5-2-1-3-6-14/h12-15,26H,1-11H2,(H,21,22,23). The van der Waals surface area contributed by atoms with Gasteiger partial charge in [-0.05, 0) is 38.5 Å². The van der Waals surface area contributed by atoms with Gasteiger partial charge in [-0.25, -0.2) is 4.98 Å². The Hall–Kier alpha value is -1.89. The van der Waals surface area contributed by atoms with Crippen LogP contribution in [0, 0.1) is 0 Å². The summed E-state index contributed by atoms with van der Waals surface area (Å²) in [5.41, 5.74) is 1.85. The predicted molar refractivity (Wildman–Crippen MR) is 102 cm³/mol. The summed E-state index contributed by atoms with van der Waals surface area (Å²) in [4.78, 5) is 16.6. The van der Waals surface area contributed by atoms with Crippen molar-refractivity contribution >= 4 is 22.9 Å². The zero-order valence-corrected chi connectivity index (χ0v) is 15.3. The molecule has 26 heavy (non-hydrogen) atoms. The molecule has 3 heterocycles. The highest BCUT2D eigenvalue weighted by Crippen LogP contribution is 2.34. The summed E-state index contributed by atoms with van der Waals surface area (Å²) >= 11 is 0. The molecule has 2 aromatic rings. The maximum atomic E-state index is 9.72. The summed E-state index contributed by atoms with van der Waals surface area (Å²) in [5.74, 6) is 1.61. The van der Waals surface area contributed by atoms with Gasteiger partial charge in [-0.2, -0.15) is 9.97 Å². The summed E-state index contributed by atoms with van der Waals surface area (Å²) in [6, 6.07) is 1.15. The third-order valence-corrected chi connectivity index (χ3v) is 6.14. The summed E-state index contributed by atoms with van der Waals surface area (Å²) in [5, 5.41) is 13.3. The van der Waals surface area contributed by atoms with Crippen LogP contribution in [0.4, 0.5) is 11.8 Å². The maximum Gasteiger partial charge on any atom is 0.229 e. The molecule has 2 aliphatic carbocycles. The van der Waals surface area contributed by atoms with Gasteiger partial charge in [0.1, 0.15) is 0 Å². The van der Waals surface area contributed by atoms with Crippen LogP contribution in [0.1, 0.15) is 63.8 Å². The molecule has 0 spiro atoms. The summed E-state index contributed by atoms with van der Waals surface area (Å²) < 4.78 is 2.28. The lowest BCUT2D eigenvalue weighted by Crippen LogP contribution is -2.33. The van der Waals surface area contributed by atoms with Crippen LogP contribution in [-0.4, -0.2) is 49.9 Å². The monoisotopic (exact) mass is 356 g/mol. The topological polar surface area (TPSA) is 79.1 Å². The van der Waals surface area contributed by atoms with Crippen molar-refractivity contribution in [2.45, 2.75) is 75.9 Å². The number of aromatic nitrogens is 4. The van der Waals surface area contributed by atoms with E-state index in [0.29, 0.717) is 12.1 Å². The Kier molecular flexibility index (Phi) is 4.19. The Balaban J connectivity index is 1.58. The fourth-order valence-electron chi connectivity index (χ4n) is 4.47. The molecule has 1 aliphatic heterocycles. The van der Waals surface area contributed by atoms with Crippen LogP contribution in [0.3, 0.4) is 0 Å². The normalized spacial score (nSPS) is 24.5. The number of fused-ring (bicyclic) bond motifs is 1. The van der Waals surface area contributed by atoms with E-state index in [4.69, 9.17) is 9.97 Å². The van der Waals surface area contributed by atoms with Crippen LogP contribution in [0.25, 0.3) is 11.2 Å². The van der Waals surface area contributed by atoms with Crippen molar-refractivity contribution < 1.29 is 5.11 Å². The fraction of sp³-hybridized carbons (Fsp3) is 0.737. The van der Waals surface area contributed by atoms with E-state index in [2.05, 4.69) is 19.8 Å². The Bertz CT molecular complexity index is 780. The zero-order valence-electron chi connectivity index (χ0n) is 15.3. The molecule has 3 fully saturated rings. The molecule has 2 N–H and O–H groups in total. The lowest BCUT2D eigenvalue weighted by Gasteiger charge is -2.25. The predicted octanol–water partition coefficient (Wildman–Crippen LogP) is 2.87. The number of hydrogen-bond acceptors (Lipinski definition) is 6. The van der Waals surface area contributed by atoms with E-state index in [9.17, 15) is 5.11 Å². The van der Waals surface area contributed by atoms with Crippen LogP contribution in [0.5, 0.6) is 0 Å². The first-order valence-corrected chi connectivity index (χ1v) is 10.2. The Morgan fingerprint density at radius 1 is 1.04 bits per heavy atom. The second-order valence-electron chi connectivity index (χ2n) is 8.08. The molecular weight excluding hydrogens is 328 g/mol. The van der Waals surface area contributed by atoms with Crippen molar-refractivity contribution in [3.05, 3.63) is 6.33 Å². The van der Waals surface area contributed by atoms with Crippen molar-refractivity contribution in [3.63, 3.8) is 0 Å². The molecule has 0 amide bonds. The number of anilines is 2. The van der Waals surface area contributed by atoms with E-state index in [1.54, 1.807) is 0 Å². The molecule has 1 saturated heterocycles. The van der Waals surface area contributed by atoms with E-state index in [-0.39, 0.29) is 12.6 Å². The first-order valence-electron chi connectivity index (χ1n) is 10.2. The van der Waals surface area contributed by atoms with Gasteiger partial charge >= 0.3 is 0 Å². The zero-order chi connectivity index (χ0) is 17.5. The van der Waals surface area contributed by atoms with Crippen molar-refractivity contribution in [1.82, 2.24) is 19.5 Å². The molecule has 7 nitrogen and oxygen atoms in total. The van der Waals surface area contributed by atoms with Crippen LogP contribution < -0.4 is 10.2 Å². The fourth-order valence-corrected chi connectivity index (χ4v) is 4.47. The third kappa shape index (κ3) is 2.92. The van der Waals surface area contributed by atoms with Crippen molar-refractivity contribution in [1.29, 1.82) is 0 Å². The van der Waals surface area contributed by atoms with Crippen molar-refractivity contribution in [2.24, 2.45) is 0 Å². The number of rotatable bonds is 5. The minimum Gasteiger partial charge on any atom is -0.394 e. The minimum atomic E-state index is 0.132. The van der Waals surface area contributed by atoms with Gasteiger partial charge in [-0.15, -0.1) is 0 Å². The molecule has 140 valence electrons. The van der Waals surface area contributed by atoms with Crippen molar-refractivity contribution in [3.8, 4) is 0 Å². The average molecular weight is 356 g/mol. The molecule has 7 heteroatoms. The molecule has 1 unspecified atom stereocenters. The van der Waals surface area contributed by atoms with Crippen molar-refractivity contribution in [2.75, 3.05) is 23.4 Å². The molecule has 0 radical (unpaired) electrons. The third-order valence-electron chi connectivity index (χ3n) is 6.14. The number of nitrogens with one attached hydrogen (secondary N) is 1. The number of imidazole rings is 1. The number of hydrogen-bond donors (Lipinski definition) is 2. The maximum absolute atomic E-state index is 9.72. The molecule has 2 saturated carbocycles. The van der Waals surface area contributed by atoms with Gasteiger partial charge in [-0.3, -0.25) is 0 Å². The van der Waals surface area contributed by atoms with E-state index >= 15 is 0 Å². The molecule has 5 rings (SSSR count). The van der Waals surface area contributed by atoms with Gasteiger partial charge in [-0.1, -0.05) is 19.3 Å². The van der Waals surface area contributed by atoms with Crippen LogP contribution in [0.15, 0.2) is 6.33 Å². The van der Waals surface area contributed by atoms with E-state index in [1.165, 1.54) is 44.9 Å². The van der Waals surface area contributed by atoms with Gasteiger partial charge in [0.2, 0.25) is 5.95 Å². The number of nitrogens with zero attached hydrogens (tertiary/aromatic N) is 5. The summed E-state index contributed by atoms with van der Waals surface area (Å²) in [7, 11) is 0. The Labute approximate surface area is 153 Å². The Morgan fingerprint density at radius 3 is 2.65 bits per heavy atom. The second kappa shape index (κ2) is 6.68. The lowest BCUT2D eigenvalue weighted by molar-refractivity contribution is 0.265. The lowest BCUT2D eigenvalue weighted by atomic mass is 9.95. The molecule has 0 aromatic carbocycles. The second-order valence-corrected chi connectivity index (χ2v) is 8.08. The quantitative estimate of drug-likeness (QED) is 0.858. The van der Waals surface area contributed by atoms with Gasteiger partial charge in [0.25, 0.3) is 0 Å². The number of aliphatic hydroxyl groups excluding tert-OH is 1. The van der Waals surface area contributed by atoms with Gasteiger partial charge in [0, 0.05) is 18.6 Å². The first kappa shape index (κ1) is 16.3. The van der Waals surface area contributed by atoms with Crippen LogP contribution >= 0.6 is 0 Å². The van der Waals surface area contributed by atoms with Gasteiger partial charge in [0.15, 0.2) is 17.0 Å². The highest BCUT2D eigenvalue weighted by Gasteiger charge is 2.30. The molecule has 0 bridgehead atoms. The Morgan fingerprint density at radius 2 is 1.88 bits per heavy atom. The SMILES string of the molecule is OCC1CCCN1c1nc(NC2CC2)c2ncn(C3CCCCC3)c2n1. The molecule has 3 aliphatic rings. The van der Waals surface area contributed by atoms with Crippen LogP contribution in [-0.2, 0) is 0 Å². The van der Waals surface area contributed by atoms with E-state index in [0.717, 1.165) is 42.3 Å². The molecule has 1 atom stereocenters. The number of aliphatic hydroxyl groups is 1. The van der Waals surface area contributed by atoms with E-state index < -0.39 is 0 Å². The highest BCUT2D eigenvalue weighted by atomic mass is 16.3.